The quantitative estimate of drug-likeness (QED) is 0.343. The monoisotopic (exact) mass is 389 g/mol. The van der Waals surface area contributed by atoms with E-state index in [1.807, 2.05) is 6.92 Å². The Bertz CT molecular complexity index is 339. The molecule has 0 aromatic carbocycles. The highest BCUT2D eigenvalue weighted by molar-refractivity contribution is 5.78. The zero-order valence-electron chi connectivity index (χ0n) is 18.3. The number of rotatable bonds is 19. The van der Waals surface area contributed by atoms with Gasteiger partial charge in [-0.25, -0.2) is 0 Å². The molecule has 0 heterocycles. The molecule has 0 saturated carbocycles. The number of amides is 1. The van der Waals surface area contributed by atoms with E-state index in [0.29, 0.717) is 64.6 Å². The summed E-state index contributed by atoms with van der Waals surface area (Å²) in [5.41, 5.74) is 0. The standard InChI is InChI=1S/C21H43NO5/c1-6-7-19(4)17-27-15-14-26-13-12-25-11-10-24-9-8-22-21(23)20(5)16-18(2)3/h18-20H,6-17H2,1-5H3,(H,22,23). The highest BCUT2D eigenvalue weighted by Crippen LogP contribution is 2.10. The van der Waals surface area contributed by atoms with Crippen molar-refractivity contribution >= 4 is 5.91 Å². The van der Waals surface area contributed by atoms with E-state index >= 15 is 0 Å². The lowest BCUT2D eigenvalue weighted by Crippen LogP contribution is -2.32. The van der Waals surface area contributed by atoms with Gasteiger partial charge in [0.15, 0.2) is 0 Å². The lowest BCUT2D eigenvalue weighted by atomic mass is 9.98. The highest BCUT2D eigenvalue weighted by Gasteiger charge is 2.13. The summed E-state index contributed by atoms with van der Waals surface area (Å²) in [5, 5.41) is 2.90. The first-order valence-corrected chi connectivity index (χ1v) is 10.6. The van der Waals surface area contributed by atoms with E-state index in [1.165, 1.54) is 12.8 Å². The van der Waals surface area contributed by atoms with Gasteiger partial charge in [-0.05, 0) is 24.7 Å². The van der Waals surface area contributed by atoms with E-state index in [1.54, 1.807) is 0 Å². The summed E-state index contributed by atoms with van der Waals surface area (Å²) in [6.07, 6.45) is 3.32. The molecule has 6 nitrogen and oxygen atoms in total. The van der Waals surface area contributed by atoms with Crippen molar-refractivity contribution in [2.24, 2.45) is 17.8 Å². The molecular formula is C21H43NO5. The summed E-state index contributed by atoms with van der Waals surface area (Å²) in [6, 6.07) is 0. The third kappa shape index (κ3) is 18.4. The third-order valence-corrected chi connectivity index (χ3v) is 4.12. The van der Waals surface area contributed by atoms with Crippen molar-refractivity contribution in [1.29, 1.82) is 0 Å². The fourth-order valence-corrected chi connectivity index (χ4v) is 2.76. The summed E-state index contributed by atoms with van der Waals surface area (Å²) >= 11 is 0. The molecule has 0 saturated heterocycles. The van der Waals surface area contributed by atoms with Gasteiger partial charge in [-0.3, -0.25) is 4.79 Å². The van der Waals surface area contributed by atoms with Crippen molar-refractivity contribution in [3.05, 3.63) is 0 Å². The third-order valence-electron chi connectivity index (χ3n) is 4.12. The van der Waals surface area contributed by atoms with Gasteiger partial charge < -0.3 is 24.3 Å². The van der Waals surface area contributed by atoms with Crippen LogP contribution in [0.1, 0.15) is 53.9 Å². The molecule has 0 aliphatic rings. The normalized spacial score (nSPS) is 13.7. The molecule has 2 unspecified atom stereocenters. The van der Waals surface area contributed by atoms with Gasteiger partial charge in [0.25, 0.3) is 0 Å². The highest BCUT2D eigenvalue weighted by atomic mass is 16.6. The number of hydrogen-bond donors (Lipinski definition) is 1. The summed E-state index contributed by atoms with van der Waals surface area (Å²) < 4.78 is 21.9. The van der Waals surface area contributed by atoms with E-state index < -0.39 is 0 Å². The Balaban J connectivity index is 3.24. The van der Waals surface area contributed by atoms with E-state index in [9.17, 15) is 4.79 Å². The van der Waals surface area contributed by atoms with Crippen LogP contribution in [0, 0.1) is 17.8 Å². The van der Waals surface area contributed by atoms with E-state index in [-0.39, 0.29) is 11.8 Å². The second-order valence-corrected chi connectivity index (χ2v) is 7.63. The van der Waals surface area contributed by atoms with Crippen LogP contribution in [-0.2, 0) is 23.7 Å². The molecule has 0 rings (SSSR count). The van der Waals surface area contributed by atoms with Crippen molar-refractivity contribution < 1.29 is 23.7 Å². The first kappa shape index (κ1) is 26.3. The maximum Gasteiger partial charge on any atom is 0.222 e. The molecular weight excluding hydrogens is 346 g/mol. The van der Waals surface area contributed by atoms with Crippen LogP contribution in [0.2, 0.25) is 0 Å². The molecule has 6 heteroatoms. The number of nitrogens with one attached hydrogen (secondary N) is 1. The lowest BCUT2D eigenvalue weighted by molar-refractivity contribution is -0.125. The summed E-state index contributed by atoms with van der Waals surface area (Å²) in [5.74, 6) is 1.31. The van der Waals surface area contributed by atoms with Crippen LogP contribution in [0.15, 0.2) is 0 Å². The summed E-state index contributed by atoms with van der Waals surface area (Å²) in [4.78, 5) is 11.8. The van der Waals surface area contributed by atoms with Crippen LogP contribution in [0.25, 0.3) is 0 Å². The van der Waals surface area contributed by atoms with Gasteiger partial charge in [0.1, 0.15) is 0 Å². The molecule has 1 N–H and O–H groups in total. The van der Waals surface area contributed by atoms with Gasteiger partial charge in [0, 0.05) is 19.1 Å². The van der Waals surface area contributed by atoms with Gasteiger partial charge in [-0.2, -0.15) is 0 Å². The SMILES string of the molecule is CCCC(C)COCCOCCOCCOCCNC(=O)C(C)CC(C)C. The average Bonchev–Trinajstić information content (AvgIpc) is 2.61. The molecule has 1 amide bonds. The molecule has 162 valence electrons. The topological polar surface area (TPSA) is 66.0 Å². The number of ether oxygens (including phenoxy) is 4. The van der Waals surface area contributed by atoms with Crippen molar-refractivity contribution in [2.45, 2.75) is 53.9 Å². The lowest BCUT2D eigenvalue weighted by Gasteiger charge is -2.14. The smallest absolute Gasteiger partial charge is 0.222 e. The molecule has 0 aliphatic carbocycles. The Morgan fingerprint density at radius 3 is 1.85 bits per heavy atom. The Kier molecular flexibility index (Phi) is 18.2. The van der Waals surface area contributed by atoms with Gasteiger partial charge in [0.2, 0.25) is 5.91 Å². The Hall–Kier alpha value is -0.690. The van der Waals surface area contributed by atoms with Crippen LogP contribution in [0.3, 0.4) is 0 Å². The first-order valence-electron chi connectivity index (χ1n) is 10.6. The Labute approximate surface area is 166 Å². The Morgan fingerprint density at radius 1 is 0.815 bits per heavy atom. The predicted octanol–water partition coefficient (Wildman–Crippen LogP) is 3.29. The van der Waals surface area contributed by atoms with Crippen molar-refractivity contribution in [2.75, 3.05) is 59.4 Å². The maximum atomic E-state index is 11.8. The molecule has 0 fully saturated rings. The van der Waals surface area contributed by atoms with Crippen LogP contribution in [-0.4, -0.2) is 65.3 Å². The fraction of sp³-hybridized carbons (Fsp3) is 0.952. The van der Waals surface area contributed by atoms with Crippen LogP contribution in [0.4, 0.5) is 0 Å². The van der Waals surface area contributed by atoms with Crippen molar-refractivity contribution in [1.82, 2.24) is 5.32 Å². The molecule has 0 aromatic heterocycles. The molecule has 0 aromatic rings. The summed E-state index contributed by atoms with van der Waals surface area (Å²) in [6.45, 7) is 15.9. The van der Waals surface area contributed by atoms with Gasteiger partial charge in [0.05, 0.1) is 46.2 Å². The Morgan fingerprint density at radius 2 is 1.33 bits per heavy atom. The number of hydrogen-bond acceptors (Lipinski definition) is 5. The predicted molar refractivity (Wildman–Crippen MR) is 109 cm³/mol. The van der Waals surface area contributed by atoms with Crippen molar-refractivity contribution in [3.8, 4) is 0 Å². The minimum Gasteiger partial charge on any atom is -0.379 e. The maximum absolute atomic E-state index is 11.8. The van der Waals surface area contributed by atoms with Crippen LogP contribution < -0.4 is 5.32 Å². The molecule has 0 bridgehead atoms. The average molecular weight is 390 g/mol. The first-order chi connectivity index (χ1) is 13.0. The fourth-order valence-electron chi connectivity index (χ4n) is 2.76. The molecule has 0 radical (unpaired) electrons. The van der Waals surface area contributed by atoms with E-state index in [0.717, 1.165) is 13.0 Å². The van der Waals surface area contributed by atoms with Gasteiger partial charge in [-0.1, -0.05) is 41.0 Å². The zero-order valence-corrected chi connectivity index (χ0v) is 18.3. The largest absolute Gasteiger partial charge is 0.379 e. The van der Waals surface area contributed by atoms with E-state index in [4.69, 9.17) is 18.9 Å². The molecule has 0 aliphatic heterocycles. The van der Waals surface area contributed by atoms with Gasteiger partial charge in [-0.15, -0.1) is 0 Å². The van der Waals surface area contributed by atoms with E-state index in [2.05, 4.69) is 33.0 Å². The molecule has 27 heavy (non-hydrogen) atoms. The summed E-state index contributed by atoms with van der Waals surface area (Å²) in [7, 11) is 0. The zero-order chi connectivity index (χ0) is 20.3. The number of carbonyl (C=O) groups excluding carboxylic acids is 1. The van der Waals surface area contributed by atoms with Gasteiger partial charge >= 0.3 is 0 Å². The minimum absolute atomic E-state index is 0.0541. The van der Waals surface area contributed by atoms with Crippen LogP contribution in [0.5, 0.6) is 0 Å². The molecule has 0 spiro atoms. The second-order valence-electron chi connectivity index (χ2n) is 7.63. The molecule has 2 atom stereocenters. The number of carbonyl (C=O) groups is 1. The van der Waals surface area contributed by atoms with Crippen molar-refractivity contribution in [3.63, 3.8) is 0 Å². The second kappa shape index (κ2) is 18.7. The van der Waals surface area contributed by atoms with Crippen LogP contribution >= 0.6 is 0 Å². The minimum atomic E-state index is 0.0541.